The van der Waals surface area contributed by atoms with Crippen LogP contribution in [-0.2, 0) is 17.7 Å². The lowest BCUT2D eigenvalue weighted by molar-refractivity contribution is 0.0204. The van der Waals surface area contributed by atoms with Crippen molar-refractivity contribution >= 4 is 12.0 Å². The van der Waals surface area contributed by atoms with Crippen molar-refractivity contribution in [1.29, 1.82) is 0 Å². The number of nitrogens with one attached hydrogen (secondary N) is 1. The molecule has 2 aromatic carbocycles. The van der Waals surface area contributed by atoms with Gasteiger partial charge < -0.3 is 24.3 Å². The SMILES string of the molecule is Cc1ccc(CN(c2nnc(Cc3ccc(OCC(C)C)cc3)[nH]2)C2CCN(C(=O)OC(C)(C)C)CC2)cc1. The van der Waals surface area contributed by atoms with Gasteiger partial charge >= 0.3 is 6.09 Å². The van der Waals surface area contributed by atoms with Gasteiger partial charge in [-0.05, 0) is 69.7 Å². The molecule has 8 heteroatoms. The van der Waals surface area contributed by atoms with Crippen LogP contribution in [0.15, 0.2) is 48.5 Å². The highest BCUT2D eigenvalue weighted by molar-refractivity contribution is 5.68. The van der Waals surface area contributed by atoms with Crippen LogP contribution >= 0.6 is 0 Å². The molecule has 0 spiro atoms. The van der Waals surface area contributed by atoms with Gasteiger partial charge in [0.1, 0.15) is 17.2 Å². The third kappa shape index (κ3) is 8.47. The summed E-state index contributed by atoms with van der Waals surface area (Å²) in [4.78, 5) is 20.2. The lowest BCUT2D eigenvalue weighted by Gasteiger charge is -2.38. The summed E-state index contributed by atoms with van der Waals surface area (Å²) in [5.74, 6) is 2.96. The number of nitrogens with zero attached hydrogens (tertiary/aromatic N) is 4. The maximum absolute atomic E-state index is 12.6. The number of piperidine rings is 1. The van der Waals surface area contributed by atoms with Gasteiger partial charge in [-0.2, -0.15) is 0 Å². The number of aromatic nitrogens is 3. The number of benzene rings is 2. The number of carbonyl (C=O) groups excluding carboxylic acids is 1. The molecule has 8 nitrogen and oxygen atoms in total. The first-order valence-corrected chi connectivity index (χ1v) is 14.0. The Balaban J connectivity index is 1.45. The lowest BCUT2D eigenvalue weighted by Crippen LogP contribution is -2.48. The van der Waals surface area contributed by atoms with E-state index in [2.05, 4.69) is 77.3 Å². The maximum Gasteiger partial charge on any atom is 0.410 e. The molecule has 1 aromatic heterocycles. The van der Waals surface area contributed by atoms with Crippen molar-refractivity contribution in [3.63, 3.8) is 0 Å². The zero-order chi connectivity index (χ0) is 28.0. The topological polar surface area (TPSA) is 83.6 Å². The molecule has 1 aliphatic rings. The fraction of sp³-hybridized carbons (Fsp3) is 0.516. The molecule has 0 unspecified atom stereocenters. The highest BCUT2D eigenvalue weighted by Crippen LogP contribution is 2.25. The summed E-state index contributed by atoms with van der Waals surface area (Å²) < 4.78 is 11.4. The molecule has 0 radical (unpaired) electrons. The number of aromatic amines is 1. The van der Waals surface area contributed by atoms with Gasteiger partial charge in [-0.15, -0.1) is 10.2 Å². The van der Waals surface area contributed by atoms with E-state index >= 15 is 0 Å². The fourth-order valence-corrected chi connectivity index (χ4v) is 4.61. The van der Waals surface area contributed by atoms with Gasteiger partial charge in [-0.1, -0.05) is 55.8 Å². The Morgan fingerprint density at radius 3 is 2.28 bits per heavy atom. The number of H-pyrrole nitrogens is 1. The van der Waals surface area contributed by atoms with Gasteiger partial charge in [0.2, 0.25) is 5.95 Å². The van der Waals surface area contributed by atoms with Crippen LogP contribution in [0, 0.1) is 12.8 Å². The highest BCUT2D eigenvalue weighted by atomic mass is 16.6. The van der Waals surface area contributed by atoms with Gasteiger partial charge in [0.05, 0.1) is 6.61 Å². The van der Waals surface area contributed by atoms with Crippen molar-refractivity contribution in [3.8, 4) is 5.75 Å². The Morgan fingerprint density at radius 1 is 1.03 bits per heavy atom. The van der Waals surface area contributed by atoms with E-state index in [0.717, 1.165) is 35.9 Å². The van der Waals surface area contributed by atoms with Crippen LogP contribution in [0.3, 0.4) is 0 Å². The first kappa shape index (κ1) is 28.5. The monoisotopic (exact) mass is 533 g/mol. The number of rotatable bonds is 9. The number of anilines is 1. The first-order valence-electron chi connectivity index (χ1n) is 14.0. The number of amides is 1. The van der Waals surface area contributed by atoms with E-state index in [0.29, 0.717) is 38.6 Å². The molecule has 0 saturated carbocycles. The van der Waals surface area contributed by atoms with E-state index in [4.69, 9.17) is 9.47 Å². The molecule has 0 atom stereocenters. The summed E-state index contributed by atoms with van der Waals surface area (Å²) >= 11 is 0. The van der Waals surface area contributed by atoms with Gasteiger partial charge in [-0.25, -0.2) is 4.79 Å². The molecule has 1 N–H and O–H groups in total. The van der Waals surface area contributed by atoms with Crippen LogP contribution in [-0.4, -0.2) is 57.5 Å². The van der Waals surface area contributed by atoms with Gasteiger partial charge in [-0.3, -0.25) is 0 Å². The van der Waals surface area contributed by atoms with E-state index in [-0.39, 0.29) is 12.1 Å². The van der Waals surface area contributed by atoms with Crippen LogP contribution < -0.4 is 9.64 Å². The van der Waals surface area contributed by atoms with Crippen LogP contribution in [0.4, 0.5) is 10.7 Å². The molecule has 210 valence electrons. The normalized spacial score (nSPS) is 14.5. The third-order valence-electron chi connectivity index (χ3n) is 6.70. The number of carbonyl (C=O) groups is 1. The fourth-order valence-electron chi connectivity index (χ4n) is 4.61. The Bertz CT molecular complexity index is 1190. The summed E-state index contributed by atoms with van der Waals surface area (Å²) in [5.41, 5.74) is 3.09. The number of aryl methyl sites for hydroxylation is 1. The minimum absolute atomic E-state index is 0.225. The number of likely N-dealkylation sites (tertiary alicyclic amines) is 1. The van der Waals surface area contributed by atoms with Crippen LogP contribution in [0.5, 0.6) is 5.75 Å². The summed E-state index contributed by atoms with van der Waals surface area (Å²) in [6.45, 7) is 14.8. The molecular formula is C31H43N5O3. The largest absolute Gasteiger partial charge is 0.493 e. The summed E-state index contributed by atoms with van der Waals surface area (Å²) in [5, 5.41) is 9.05. The van der Waals surface area contributed by atoms with E-state index in [9.17, 15) is 4.79 Å². The van der Waals surface area contributed by atoms with Gasteiger partial charge in [0.15, 0.2) is 0 Å². The standard InChI is InChI=1S/C31H43N5O3/c1-22(2)21-38-27-13-11-24(12-14-27)19-28-32-29(34-33-28)36(20-25-9-7-23(3)8-10-25)26-15-17-35(18-16-26)30(37)39-31(4,5)6/h7-14,22,26H,15-21H2,1-6H3,(H,32,33,34). The number of ether oxygens (including phenoxy) is 2. The van der Waals surface area contributed by atoms with E-state index in [1.807, 2.05) is 37.8 Å². The molecule has 39 heavy (non-hydrogen) atoms. The molecular weight excluding hydrogens is 490 g/mol. The van der Waals surface area contributed by atoms with Crippen LogP contribution in [0.1, 0.15) is 70.0 Å². The molecule has 3 aromatic rings. The highest BCUT2D eigenvalue weighted by Gasteiger charge is 2.31. The minimum atomic E-state index is -0.497. The summed E-state index contributed by atoms with van der Waals surface area (Å²) in [6.07, 6.45) is 2.08. The molecule has 2 heterocycles. The van der Waals surface area contributed by atoms with Crippen molar-refractivity contribution in [3.05, 3.63) is 71.0 Å². The van der Waals surface area contributed by atoms with Crippen LogP contribution in [0.2, 0.25) is 0 Å². The molecule has 1 aliphatic heterocycles. The summed E-state index contributed by atoms with van der Waals surface area (Å²) in [6, 6.07) is 17.0. The molecule has 4 rings (SSSR count). The average Bonchev–Trinajstić information content (AvgIpc) is 3.35. The van der Waals surface area contributed by atoms with E-state index in [1.165, 1.54) is 11.1 Å². The van der Waals surface area contributed by atoms with Crippen molar-refractivity contribution in [2.24, 2.45) is 5.92 Å². The zero-order valence-corrected chi connectivity index (χ0v) is 24.2. The number of hydrogen-bond donors (Lipinski definition) is 1. The minimum Gasteiger partial charge on any atom is -0.493 e. The molecule has 0 bridgehead atoms. The molecule has 0 aliphatic carbocycles. The van der Waals surface area contributed by atoms with Crippen molar-refractivity contribution in [2.75, 3.05) is 24.6 Å². The molecule has 1 amide bonds. The number of hydrogen-bond acceptors (Lipinski definition) is 6. The van der Waals surface area contributed by atoms with Gasteiger partial charge in [0.25, 0.3) is 0 Å². The predicted octanol–water partition coefficient (Wildman–Crippen LogP) is 6.14. The molecule has 1 fully saturated rings. The third-order valence-corrected chi connectivity index (χ3v) is 6.70. The summed E-state index contributed by atoms with van der Waals surface area (Å²) in [7, 11) is 0. The Labute approximate surface area is 232 Å². The Hall–Kier alpha value is -3.55. The maximum atomic E-state index is 12.6. The molecule has 1 saturated heterocycles. The Kier molecular flexibility index (Phi) is 9.15. The average molecular weight is 534 g/mol. The zero-order valence-electron chi connectivity index (χ0n) is 24.2. The second-order valence-electron chi connectivity index (χ2n) is 11.9. The van der Waals surface area contributed by atoms with Crippen molar-refractivity contribution < 1.29 is 14.3 Å². The second-order valence-corrected chi connectivity index (χ2v) is 11.9. The van der Waals surface area contributed by atoms with E-state index in [1.54, 1.807) is 0 Å². The quantitative estimate of drug-likeness (QED) is 0.355. The first-order chi connectivity index (χ1) is 18.6. The van der Waals surface area contributed by atoms with Crippen molar-refractivity contribution in [1.82, 2.24) is 20.1 Å². The van der Waals surface area contributed by atoms with Crippen molar-refractivity contribution in [2.45, 2.75) is 79.0 Å². The van der Waals surface area contributed by atoms with Crippen LogP contribution in [0.25, 0.3) is 0 Å². The smallest absolute Gasteiger partial charge is 0.410 e. The second kappa shape index (κ2) is 12.5. The lowest BCUT2D eigenvalue weighted by atomic mass is 10.0. The van der Waals surface area contributed by atoms with Gasteiger partial charge in [0, 0.05) is 32.1 Å². The Morgan fingerprint density at radius 2 is 1.67 bits per heavy atom. The van der Waals surface area contributed by atoms with E-state index < -0.39 is 5.60 Å². The predicted molar refractivity (Wildman–Crippen MR) is 154 cm³/mol.